The van der Waals surface area contributed by atoms with Crippen LogP contribution in [0.2, 0.25) is 0 Å². The summed E-state index contributed by atoms with van der Waals surface area (Å²) in [4.78, 5) is 82.8. The van der Waals surface area contributed by atoms with Crippen molar-refractivity contribution in [1.29, 1.82) is 0 Å². The number of amides is 4. The van der Waals surface area contributed by atoms with Crippen LogP contribution in [0, 0.1) is 18.3 Å². The molecular formula is C45H74N10O22. The van der Waals surface area contributed by atoms with Gasteiger partial charge in [-0.2, -0.15) is 0 Å². The van der Waals surface area contributed by atoms with E-state index >= 15 is 0 Å². The smallest absolute Gasteiger partial charge is 0.407 e. The van der Waals surface area contributed by atoms with Crippen LogP contribution in [0.3, 0.4) is 0 Å². The van der Waals surface area contributed by atoms with Gasteiger partial charge in [0.05, 0.1) is 90.8 Å². The Labute approximate surface area is 443 Å². The first-order chi connectivity index (χ1) is 36.7. The molecule has 0 aromatic carbocycles. The Morgan fingerprint density at radius 3 is 1.70 bits per heavy atom. The highest BCUT2D eigenvalue weighted by Gasteiger charge is 2.46. The first-order valence-electron chi connectivity index (χ1n) is 24.1. The largest absolute Gasteiger partial charge is 0.480 e. The molecular weight excluding hydrogens is 1030 g/mol. The number of guanidine groups is 2. The van der Waals surface area contributed by atoms with Gasteiger partial charge in [0.25, 0.3) is 0 Å². The number of carboxylic acid groups (broad SMARTS) is 2. The molecule has 0 aromatic heterocycles. The van der Waals surface area contributed by atoms with Crippen LogP contribution in [0.4, 0.5) is 9.59 Å². The van der Waals surface area contributed by atoms with Gasteiger partial charge in [0.2, 0.25) is 23.3 Å². The number of carboxylic acids is 2. The number of ether oxygens (including phenoxy) is 10. The van der Waals surface area contributed by atoms with E-state index in [-0.39, 0.29) is 58.3 Å². The summed E-state index contributed by atoms with van der Waals surface area (Å²) in [5.74, 6) is -4.61. The Balaban J connectivity index is 2.02. The third kappa shape index (κ3) is 25.7. The van der Waals surface area contributed by atoms with Gasteiger partial charge in [-0.15, -0.1) is 6.42 Å². The lowest BCUT2D eigenvalue weighted by Crippen LogP contribution is -2.60. The standard InChI is InChI=1S/C45H74N10O22/c1-4-9-68-11-13-70-15-16-71-14-12-69-10-8-50-39(61)27(55-45(67)75-20-18-72-36(30(59)23-56)35-25(2)28(53-42(46)47)21-32(76-35)40(62)63)6-5-7-51-44(66)74-19-17-73-37(31(60)24-57)38-34(52-26(3)58)29(54-43(48)49)22-33(77-38)41(64)65/h1,21-22,25,27-31,34-38,56-57,59-60H,5-20,23-24H2,2-3H3,(H,50,61)(H,51,66)(H,52,58)(H,55,67)(H,62,63)(H,64,65)(H4,46,47,53)(H4,48,49,54)/t25-,27-,28+,29+,30-,31-,34-,35-,36-,37-,38-/m1/s1. The second kappa shape index (κ2) is 37.1. The summed E-state index contributed by atoms with van der Waals surface area (Å²) in [5, 5.41) is 70.3. The SMILES string of the molecule is C#CCOCCOCCOCCOCCNC(=O)[C@@H](CCCNC(=O)OCCO[C@@H]([C@@H]1OC(C(=O)O)=C[C@H](N=C(N)N)[C@H]1NC(C)=O)[C@H](O)CO)NC(=O)OCCO[C@@H]([C@@H]1OC(C(=O)O)=C[C@H](N=C(N)N)[C@H]1C)[C@H](O)CO. The zero-order chi connectivity index (χ0) is 57.3. The molecule has 2 aliphatic rings. The Hall–Kier alpha value is -6.80. The lowest BCUT2D eigenvalue weighted by Gasteiger charge is -2.40. The summed E-state index contributed by atoms with van der Waals surface area (Å²) in [6.45, 7) is 1.12. The van der Waals surface area contributed by atoms with Crippen molar-refractivity contribution in [2.24, 2.45) is 38.8 Å². The van der Waals surface area contributed by atoms with Crippen LogP contribution in [0.5, 0.6) is 0 Å². The topological polar surface area (TPSA) is 493 Å². The molecule has 0 bridgehead atoms. The van der Waals surface area contributed by atoms with Gasteiger partial charge in [-0.1, -0.05) is 12.8 Å². The third-order valence-corrected chi connectivity index (χ3v) is 10.8. The van der Waals surface area contributed by atoms with Crippen molar-refractivity contribution in [2.75, 3.05) is 106 Å². The molecule has 0 aliphatic carbocycles. The highest BCUT2D eigenvalue weighted by Crippen LogP contribution is 2.31. The molecule has 2 heterocycles. The summed E-state index contributed by atoms with van der Waals surface area (Å²) in [5.41, 5.74) is 22.1. The molecule has 0 saturated carbocycles. The van der Waals surface area contributed by atoms with E-state index < -0.39 is 160 Å². The fourth-order valence-electron chi connectivity index (χ4n) is 7.26. The Kier molecular flexibility index (Phi) is 31.9. The molecule has 32 nitrogen and oxygen atoms in total. The van der Waals surface area contributed by atoms with Gasteiger partial charge < -0.3 is 122 Å². The number of nitrogens with zero attached hydrogens (tertiary/aromatic N) is 2. The van der Waals surface area contributed by atoms with E-state index in [4.69, 9.17) is 76.7 Å². The number of rotatable bonds is 38. The molecule has 0 aromatic rings. The Bertz CT molecular complexity index is 2020. The van der Waals surface area contributed by atoms with Crippen molar-refractivity contribution in [3.05, 3.63) is 23.7 Å². The molecule has 0 fully saturated rings. The summed E-state index contributed by atoms with van der Waals surface area (Å²) < 4.78 is 54.4. The second-order valence-corrected chi connectivity index (χ2v) is 16.6. The van der Waals surface area contributed by atoms with Gasteiger partial charge in [0.1, 0.15) is 56.4 Å². The maximum atomic E-state index is 13.3. The average Bonchev–Trinajstić information content (AvgIpc) is 3.37. The van der Waals surface area contributed by atoms with E-state index in [0.29, 0.717) is 26.4 Å². The summed E-state index contributed by atoms with van der Waals surface area (Å²) in [7, 11) is 0. The maximum absolute atomic E-state index is 13.3. The first-order valence-corrected chi connectivity index (χ1v) is 24.1. The van der Waals surface area contributed by atoms with Crippen LogP contribution < -0.4 is 44.2 Å². The van der Waals surface area contributed by atoms with Crippen LogP contribution >= 0.6 is 0 Å². The fraction of sp³-hybridized carbons (Fsp3) is 0.689. The number of aliphatic imine (C=N–C) groups is 2. The predicted octanol–water partition coefficient (Wildman–Crippen LogP) is -5.96. The zero-order valence-electron chi connectivity index (χ0n) is 42.7. The summed E-state index contributed by atoms with van der Waals surface area (Å²) in [6.07, 6.45) is -3.67. The molecule has 32 heteroatoms. The van der Waals surface area contributed by atoms with Gasteiger partial charge >= 0.3 is 24.1 Å². The van der Waals surface area contributed by atoms with Crippen molar-refractivity contribution in [2.45, 2.75) is 87.5 Å². The molecule has 2 aliphatic heterocycles. The van der Waals surface area contributed by atoms with E-state index in [2.05, 4.69) is 37.2 Å². The van der Waals surface area contributed by atoms with Crippen LogP contribution in [0.15, 0.2) is 33.7 Å². The van der Waals surface area contributed by atoms with E-state index in [1.165, 1.54) is 6.08 Å². The Morgan fingerprint density at radius 1 is 0.688 bits per heavy atom. The van der Waals surface area contributed by atoms with Crippen molar-refractivity contribution < 1.29 is 107 Å². The van der Waals surface area contributed by atoms with E-state index in [0.717, 1.165) is 13.0 Å². The average molecular weight is 1110 g/mol. The van der Waals surface area contributed by atoms with Crippen molar-refractivity contribution in [1.82, 2.24) is 21.3 Å². The van der Waals surface area contributed by atoms with E-state index in [9.17, 15) is 59.4 Å². The minimum atomic E-state index is -1.72. The van der Waals surface area contributed by atoms with Crippen LogP contribution in [0.1, 0.15) is 26.7 Å². The number of carbonyl (C=O) groups excluding carboxylic acids is 4. The van der Waals surface area contributed by atoms with Gasteiger partial charge in [-0.3, -0.25) is 9.59 Å². The summed E-state index contributed by atoms with van der Waals surface area (Å²) >= 11 is 0. The number of nitrogens with two attached hydrogens (primary N) is 4. The third-order valence-electron chi connectivity index (χ3n) is 10.8. The molecule has 0 saturated heterocycles. The molecule has 4 amide bonds. The van der Waals surface area contributed by atoms with Crippen molar-refractivity contribution >= 4 is 47.9 Å². The number of aliphatic hydroxyl groups is 4. The molecule has 0 radical (unpaired) electrons. The monoisotopic (exact) mass is 1110 g/mol. The zero-order valence-corrected chi connectivity index (χ0v) is 42.7. The lowest BCUT2D eigenvalue weighted by atomic mass is 9.87. The Morgan fingerprint density at radius 2 is 1.18 bits per heavy atom. The molecule has 18 N–H and O–H groups in total. The fourth-order valence-corrected chi connectivity index (χ4v) is 7.26. The normalized spacial score (nSPS) is 20.7. The van der Waals surface area contributed by atoms with E-state index in [1.54, 1.807) is 6.92 Å². The molecule has 11 atom stereocenters. The van der Waals surface area contributed by atoms with Gasteiger partial charge in [-0.05, 0) is 25.0 Å². The van der Waals surface area contributed by atoms with Crippen LogP contribution in [-0.2, 0) is 66.5 Å². The number of hydrogen-bond donors (Lipinski definition) is 14. The quantitative estimate of drug-likeness (QED) is 0.0118. The molecule has 77 heavy (non-hydrogen) atoms. The number of aliphatic hydroxyl groups excluding tert-OH is 4. The van der Waals surface area contributed by atoms with Crippen molar-refractivity contribution in [3.63, 3.8) is 0 Å². The highest BCUT2D eigenvalue weighted by molar-refractivity contribution is 5.86. The minimum Gasteiger partial charge on any atom is -0.480 e. The molecule has 2 rings (SSSR count). The number of terminal acetylenes is 1. The van der Waals surface area contributed by atoms with Gasteiger partial charge in [-0.25, -0.2) is 29.2 Å². The number of carbonyl (C=O) groups is 6. The van der Waals surface area contributed by atoms with Gasteiger partial charge in [0, 0.05) is 25.9 Å². The minimum absolute atomic E-state index is 0.0115. The van der Waals surface area contributed by atoms with Crippen LogP contribution in [0.25, 0.3) is 0 Å². The number of alkyl carbamates (subject to hydrolysis) is 2. The molecule has 0 unspecified atom stereocenters. The summed E-state index contributed by atoms with van der Waals surface area (Å²) in [6, 6.07) is -4.57. The predicted molar refractivity (Wildman–Crippen MR) is 265 cm³/mol. The lowest BCUT2D eigenvalue weighted by molar-refractivity contribution is -0.157. The molecule has 436 valence electrons. The number of aliphatic carboxylic acids is 2. The first kappa shape index (κ1) is 66.3. The highest BCUT2D eigenvalue weighted by atomic mass is 16.6. The van der Waals surface area contributed by atoms with Crippen molar-refractivity contribution in [3.8, 4) is 12.3 Å². The number of hydrogen-bond acceptors (Lipinski definition) is 22. The number of nitrogens with one attached hydrogen (secondary N) is 4. The van der Waals surface area contributed by atoms with Crippen LogP contribution in [-0.4, -0.2) is 245 Å². The maximum Gasteiger partial charge on any atom is 0.407 e. The second-order valence-electron chi connectivity index (χ2n) is 16.6. The molecule has 0 spiro atoms. The van der Waals surface area contributed by atoms with Gasteiger partial charge in [0.15, 0.2) is 18.0 Å². The van der Waals surface area contributed by atoms with E-state index in [1.807, 2.05) is 0 Å².